The van der Waals surface area contributed by atoms with Gasteiger partial charge in [0, 0.05) is 19.0 Å². The Bertz CT molecular complexity index is 681. The lowest BCUT2D eigenvalue weighted by molar-refractivity contribution is -0.121. The smallest absolute Gasteiger partial charge is 0.221 e. The van der Waals surface area contributed by atoms with E-state index < -0.39 is 0 Å². The lowest BCUT2D eigenvalue weighted by Crippen LogP contribution is -2.30. The number of hydrogen-bond acceptors (Lipinski definition) is 4. The van der Waals surface area contributed by atoms with Crippen LogP contribution in [-0.4, -0.2) is 21.5 Å². The number of anilines is 1. The van der Waals surface area contributed by atoms with Gasteiger partial charge in [0.1, 0.15) is 0 Å². The Kier molecular flexibility index (Phi) is 3.89. The van der Waals surface area contributed by atoms with Crippen molar-refractivity contribution in [3.63, 3.8) is 0 Å². The molecule has 104 valence electrons. The zero-order valence-corrected chi connectivity index (χ0v) is 11.6. The topological polar surface area (TPSA) is 96.7 Å². The van der Waals surface area contributed by atoms with E-state index in [9.17, 15) is 4.79 Å². The van der Waals surface area contributed by atoms with Gasteiger partial charge in [-0.2, -0.15) is 5.26 Å². The number of nitriles is 1. The van der Waals surface area contributed by atoms with Crippen molar-refractivity contribution in [3.05, 3.63) is 23.8 Å². The number of rotatable bonds is 4. The van der Waals surface area contributed by atoms with Gasteiger partial charge in [-0.05, 0) is 32.0 Å². The van der Waals surface area contributed by atoms with Crippen LogP contribution in [-0.2, 0) is 11.3 Å². The number of hydrogen-bond donors (Lipinski definition) is 2. The Hall–Kier alpha value is -2.55. The van der Waals surface area contributed by atoms with Crippen molar-refractivity contribution in [1.82, 2.24) is 14.9 Å². The predicted octanol–water partition coefficient (Wildman–Crippen LogP) is 1.40. The summed E-state index contributed by atoms with van der Waals surface area (Å²) in [6.45, 7) is 4.27. The van der Waals surface area contributed by atoms with Gasteiger partial charge in [0.15, 0.2) is 0 Å². The van der Waals surface area contributed by atoms with Gasteiger partial charge in [-0.15, -0.1) is 0 Å². The highest BCUT2D eigenvalue weighted by Crippen LogP contribution is 2.19. The largest absolute Gasteiger partial charge is 0.369 e. The molecule has 1 amide bonds. The zero-order valence-electron chi connectivity index (χ0n) is 11.6. The summed E-state index contributed by atoms with van der Waals surface area (Å²) >= 11 is 0. The fourth-order valence-corrected chi connectivity index (χ4v) is 2.05. The lowest BCUT2D eigenvalue weighted by atomic mass is 10.2. The third-order valence-electron chi connectivity index (χ3n) is 2.92. The first-order valence-electron chi connectivity index (χ1n) is 6.46. The number of nitrogens with zero attached hydrogens (tertiary/aromatic N) is 3. The molecule has 0 saturated carbocycles. The van der Waals surface area contributed by atoms with Gasteiger partial charge < -0.3 is 15.6 Å². The maximum Gasteiger partial charge on any atom is 0.221 e. The minimum Gasteiger partial charge on any atom is -0.369 e. The number of carbonyl (C=O) groups is 1. The molecule has 6 heteroatoms. The third-order valence-corrected chi connectivity index (χ3v) is 2.92. The molecule has 0 spiro atoms. The summed E-state index contributed by atoms with van der Waals surface area (Å²) in [6, 6.07) is 7.39. The molecule has 0 aliphatic rings. The monoisotopic (exact) mass is 271 g/mol. The molecule has 1 heterocycles. The maximum absolute atomic E-state index is 11.7. The van der Waals surface area contributed by atoms with Crippen LogP contribution in [0.15, 0.2) is 18.2 Å². The first kappa shape index (κ1) is 13.9. The third kappa shape index (κ3) is 2.88. The van der Waals surface area contributed by atoms with Gasteiger partial charge in [0.2, 0.25) is 11.9 Å². The quantitative estimate of drug-likeness (QED) is 0.878. The van der Waals surface area contributed by atoms with E-state index in [1.807, 2.05) is 13.8 Å². The molecule has 6 nitrogen and oxygen atoms in total. The molecule has 0 bridgehead atoms. The second kappa shape index (κ2) is 5.61. The first-order valence-corrected chi connectivity index (χ1v) is 6.46. The molecule has 3 N–H and O–H groups in total. The molecule has 20 heavy (non-hydrogen) atoms. The summed E-state index contributed by atoms with van der Waals surface area (Å²) in [4.78, 5) is 15.9. The van der Waals surface area contributed by atoms with Crippen LogP contribution < -0.4 is 11.1 Å². The van der Waals surface area contributed by atoms with Gasteiger partial charge in [0.05, 0.1) is 22.7 Å². The van der Waals surface area contributed by atoms with Crippen molar-refractivity contribution in [1.29, 1.82) is 5.26 Å². The van der Waals surface area contributed by atoms with Crippen molar-refractivity contribution in [3.8, 4) is 6.07 Å². The summed E-state index contributed by atoms with van der Waals surface area (Å²) in [5.74, 6) is 0.324. The Labute approximate surface area is 117 Å². The van der Waals surface area contributed by atoms with E-state index >= 15 is 0 Å². The highest BCUT2D eigenvalue weighted by atomic mass is 16.1. The standard InChI is InChI=1S/C14H17N5O/c1-9(2)17-13(20)5-6-19-12-7-10(8-15)3-4-11(12)18-14(19)16/h3-4,7,9H,5-6H2,1-2H3,(H2,16,18)(H,17,20). The second-order valence-electron chi connectivity index (χ2n) is 4.91. The summed E-state index contributed by atoms with van der Waals surface area (Å²) in [5.41, 5.74) is 7.92. The molecule has 2 aromatic rings. The van der Waals surface area contributed by atoms with Gasteiger partial charge in [0.25, 0.3) is 0 Å². The van der Waals surface area contributed by atoms with Crippen molar-refractivity contribution in [2.24, 2.45) is 0 Å². The molecule has 1 aromatic heterocycles. The highest BCUT2D eigenvalue weighted by Gasteiger charge is 2.11. The Balaban J connectivity index is 2.23. The van der Waals surface area contributed by atoms with Gasteiger partial charge in [-0.25, -0.2) is 4.98 Å². The average Bonchev–Trinajstić information content (AvgIpc) is 2.70. The van der Waals surface area contributed by atoms with Crippen molar-refractivity contribution >= 4 is 22.9 Å². The van der Waals surface area contributed by atoms with Crippen LogP contribution in [0.4, 0.5) is 5.95 Å². The summed E-state index contributed by atoms with van der Waals surface area (Å²) < 4.78 is 1.76. The van der Waals surface area contributed by atoms with E-state index in [1.165, 1.54) is 0 Å². The maximum atomic E-state index is 11.7. The number of nitrogens with one attached hydrogen (secondary N) is 1. The minimum atomic E-state index is -0.0299. The van der Waals surface area contributed by atoms with Gasteiger partial charge >= 0.3 is 0 Å². The van der Waals surface area contributed by atoms with Gasteiger partial charge in [-0.3, -0.25) is 4.79 Å². The molecule has 0 aliphatic carbocycles. The molecule has 0 aliphatic heterocycles. The predicted molar refractivity (Wildman–Crippen MR) is 76.8 cm³/mol. The Morgan fingerprint density at radius 3 is 2.95 bits per heavy atom. The molecule has 1 aromatic carbocycles. The normalized spacial score (nSPS) is 10.7. The molecule has 0 saturated heterocycles. The molecule has 0 fully saturated rings. The number of nitrogen functional groups attached to an aromatic ring is 1. The van der Waals surface area contributed by atoms with E-state index in [4.69, 9.17) is 11.0 Å². The molecular formula is C14H17N5O. The SMILES string of the molecule is CC(C)NC(=O)CCn1c(N)nc2ccc(C#N)cc21. The van der Waals surface area contributed by atoms with Gasteiger partial charge in [-0.1, -0.05) is 0 Å². The second-order valence-corrected chi connectivity index (χ2v) is 4.91. The van der Waals surface area contributed by atoms with E-state index in [-0.39, 0.29) is 11.9 Å². The zero-order chi connectivity index (χ0) is 14.7. The number of fused-ring (bicyclic) bond motifs is 1. The molecular weight excluding hydrogens is 254 g/mol. The molecule has 0 unspecified atom stereocenters. The number of imidazole rings is 1. The van der Waals surface area contributed by atoms with E-state index in [0.29, 0.717) is 24.5 Å². The van der Waals surface area contributed by atoms with Crippen LogP contribution in [0.25, 0.3) is 11.0 Å². The number of aryl methyl sites for hydroxylation is 1. The Morgan fingerprint density at radius 1 is 1.55 bits per heavy atom. The van der Waals surface area contributed by atoms with Crippen LogP contribution in [0.1, 0.15) is 25.8 Å². The van der Waals surface area contributed by atoms with Crippen LogP contribution in [0.3, 0.4) is 0 Å². The lowest BCUT2D eigenvalue weighted by Gasteiger charge is -2.09. The number of benzene rings is 1. The average molecular weight is 271 g/mol. The number of carbonyl (C=O) groups excluding carboxylic acids is 1. The van der Waals surface area contributed by atoms with Crippen molar-refractivity contribution in [2.45, 2.75) is 32.9 Å². The van der Waals surface area contributed by atoms with Crippen molar-refractivity contribution in [2.75, 3.05) is 5.73 Å². The molecule has 0 radical (unpaired) electrons. The summed E-state index contributed by atoms with van der Waals surface area (Å²) in [5, 5.41) is 11.8. The van der Waals surface area contributed by atoms with E-state index in [1.54, 1.807) is 22.8 Å². The fraction of sp³-hybridized carbons (Fsp3) is 0.357. The van der Waals surface area contributed by atoms with E-state index in [2.05, 4.69) is 16.4 Å². The number of nitrogens with two attached hydrogens (primary N) is 1. The van der Waals surface area contributed by atoms with Crippen LogP contribution in [0.2, 0.25) is 0 Å². The number of amides is 1. The van der Waals surface area contributed by atoms with Crippen LogP contribution in [0, 0.1) is 11.3 Å². The van der Waals surface area contributed by atoms with Crippen LogP contribution >= 0.6 is 0 Å². The first-order chi connectivity index (χ1) is 9.51. The highest BCUT2D eigenvalue weighted by molar-refractivity contribution is 5.80. The molecule has 2 rings (SSSR count). The van der Waals surface area contributed by atoms with E-state index in [0.717, 1.165) is 11.0 Å². The Morgan fingerprint density at radius 2 is 2.30 bits per heavy atom. The number of aromatic nitrogens is 2. The fourth-order valence-electron chi connectivity index (χ4n) is 2.05. The van der Waals surface area contributed by atoms with Crippen LogP contribution in [0.5, 0.6) is 0 Å². The summed E-state index contributed by atoms with van der Waals surface area (Å²) in [7, 11) is 0. The van der Waals surface area contributed by atoms with Crippen molar-refractivity contribution < 1.29 is 4.79 Å². The minimum absolute atomic E-state index is 0.0299. The summed E-state index contributed by atoms with van der Waals surface area (Å²) in [6.07, 6.45) is 0.324. The molecule has 0 atom stereocenters.